The Morgan fingerprint density at radius 3 is 2.64 bits per heavy atom. The van der Waals surface area contributed by atoms with E-state index in [1.54, 1.807) is 23.1 Å². The molecule has 0 N–H and O–H groups in total. The molecule has 8 nitrogen and oxygen atoms in total. The highest BCUT2D eigenvalue weighted by molar-refractivity contribution is 5.77. The van der Waals surface area contributed by atoms with Gasteiger partial charge in [0.05, 0.1) is 25.1 Å². The lowest BCUT2D eigenvalue weighted by molar-refractivity contribution is -0.187. The summed E-state index contributed by atoms with van der Waals surface area (Å²) in [6.07, 6.45) is 1.60. The molecule has 0 atom stereocenters. The minimum Gasteiger partial charge on any atom is -0.347 e. The van der Waals surface area contributed by atoms with Crippen molar-refractivity contribution in [3.8, 4) is 0 Å². The zero-order valence-corrected chi connectivity index (χ0v) is 13.9. The first-order valence-corrected chi connectivity index (χ1v) is 8.55. The lowest BCUT2D eigenvalue weighted by Gasteiger charge is -2.37. The average molecular weight is 344 g/mol. The molecule has 2 aromatic rings. The van der Waals surface area contributed by atoms with Crippen LogP contribution in [0, 0.1) is 0 Å². The van der Waals surface area contributed by atoms with Gasteiger partial charge in [-0.3, -0.25) is 9.59 Å². The number of piperidine rings is 1. The third-order valence-corrected chi connectivity index (χ3v) is 4.86. The van der Waals surface area contributed by atoms with Gasteiger partial charge in [0.2, 0.25) is 5.91 Å². The zero-order valence-electron chi connectivity index (χ0n) is 13.9. The molecule has 2 fully saturated rings. The Kier molecular flexibility index (Phi) is 4.22. The summed E-state index contributed by atoms with van der Waals surface area (Å²) >= 11 is 0. The monoisotopic (exact) mass is 344 g/mol. The Hall–Kier alpha value is -2.32. The molecule has 2 saturated heterocycles. The topological polar surface area (TPSA) is 86.5 Å². The Labute approximate surface area is 144 Å². The number of likely N-dealkylation sites (tertiary alicyclic amines) is 1. The van der Waals surface area contributed by atoms with Crippen molar-refractivity contribution in [2.24, 2.45) is 0 Å². The smallest absolute Gasteiger partial charge is 0.277 e. The van der Waals surface area contributed by atoms with Crippen molar-refractivity contribution < 1.29 is 14.3 Å². The Morgan fingerprint density at radius 1 is 1.16 bits per heavy atom. The maximum absolute atomic E-state index is 12.4. The van der Waals surface area contributed by atoms with Gasteiger partial charge in [0.1, 0.15) is 5.52 Å². The molecule has 1 spiro atoms. The molecule has 8 heteroatoms. The summed E-state index contributed by atoms with van der Waals surface area (Å²) < 4.78 is 12.6. The Bertz CT molecular complexity index is 834. The van der Waals surface area contributed by atoms with Gasteiger partial charge in [-0.15, -0.1) is 5.10 Å². The van der Waals surface area contributed by atoms with Crippen LogP contribution in [0.3, 0.4) is 0 Å². The van der Waals surface area contributed by atoms with Crippen LogP contribution in [0.25, 0.3) is 10.9 Å². The van der Waals surface area contributed by atoms with E-state index >= 15 is 0 Å². The highest BCUT2D eigenvalue weighted by Gasteiger charge is 2.40. The van der Waals surface area contributed by atoms with Gasteiger partial charge in [0.15, 0.2) is 5.79 Å². The van der Waals surface area contributed by atoms with Gasteiger partial charge in [-0.2, -0.15) is 0 Å². The number of nitrogens with zero attached hydrogens (tertiary/aromatic N) is 4. The largest absolute Gasteiger partial charge is 0.347 e. The molecule has 1 aromatic heterocycles. The van der Waals surface area contributed by atoms with Crippen molar-refractivity contribution in [2.75, 3.05) is 26.3 Å². The minimum atomic E-state index is -0.489. The number of amides is 1. The van der Waals surface area contributed by atoms with Gasteiger partial charge in [0, 0.05) is 32.4 Å². The van der Waals surface area contributed by atoms with Crippen molar-refractivity contribution in [3.05, 3.63) is 34.6 Å². The summed E-state index contributed by atoms with van der Waals surface area (Å²) in [6.45, 7) is 2.69. The lowest BCUT2D eigenvalue weighted by Crippen LogP contribution is -2.47. The molecule has 0 aliphatic carbocycles. The van der Waals surface area contributed by atoms with E-state index in [1.807, 2.05) is 6.07 Å². The first-order valence-electron chi connectivity index (χ1n) is 8.55. The number of aryl methyl sites for hydroxylation is 1. The van der Waals surface area contributed by atoms with Gasteiger partial charge in [-0.05, 0) is 12.1 Å². The van der Waals surface area contributed by atoms with Crippen LogP contribution in [-0.2, 0) is 20.8 Å². The van der Waals surface area contributed by atoms with E-state index in [0.717, 1.165) is 0 Å². The van der Waals surface area contributed by atoms with E-state index in [9.17, 15) is 9.59 Å². The second-order valence-corrected chi connectivity index (χ2v) is 6.37. The molecule has 0 radical (unpaired) electrons. The second-order valence-electron chi connectivity index (χ2n) is 6.37. The maximum atomic E-state index is 12.4. The summed E-state index contributed by atoms with van der Waals surface area (Å²) in [6, 6.07) is 7.06. The third-order valence-electron chi connectivity index (χ3n) is 4.86. The first kappa shape index (κ1) is 16.2. The zero-order chi connectivity index (χ0) is 17.3. The van der Waals surface area contributed by atoms with Gasteiger partial charge in [-0.1, -0.05) is 17.3 Å². The summed E-state index contributed by atoms with van der Waals surface area (Å²) in [7, 11) is 0. The fourth-order valence-electron chi connectivity index (χ4n) is 3.41. The van der Waals surface area contributed by atoms with Crippen molar-refractivity contribution in [2.45, 2.75) is 31.6 Å². The van der Waals surface area contributed by atoms with E-state index in [4.69, 9.17) is 9.47 Å². The number of hydrogen-bond acceptors (Lipinski definition) is 6. The summed E-state index contributed by atoms with van der Waals surface area (Å²) in [4.78, 5) is 26.6. The number of benzene rings is 1. The van der Waals surface area contributed by atoms with Crippen LogP contribution in [0.5, 0.6) is 0 Å². The fraction of sp³-hybridized carbons (Fsp3) is 0.529. The molecular formula is C17H20N4O4. The number of rotatable bonds is 3. The molecule has 132 valence electrons. The molecule has 2 aliphatic rings. The molecule has 0 unspecified atom stereocenters. The van der Waals surface area contributed by atoms with Crippen LogP contribution >= 0.6 is 0 Å². The van der Waals surface area contributed by atoms with E-state index in [-0.39, 0.29) is 24.4 Å². The quantitative estimate of drug-likeness (QED) is 0.808. The fourth-order valence-corrected chi connectivity index (χ4v) is 3.41. The minimum absolute atomic E-state index is 0.00899. The highest BCUT2D eigenvalue weighted by atomic mass is 16.7. The normalized spacial score (nSPS) is 19.6. The molecule has 1 aromatic carbocycles. The number of hydrogen-bond donors (Lipinski definition) is 0. The van der Waals surface area contributed by atoms with Crippen LogP contribution in [0.1, 0.15) is 19.3 Å². The summed E-state index contributed by atoms with van der Waals surface area (Å²) in [5, 5.41) is 8.47. The third kappa shape index (κ3) is 3.14. The van der Waals surface area contributed by atoms with Crippen LogP contribution in [0.15, 0.2) is 29.1 Å². The molecule has 4 rings (SSSR count). The predicted molar refractivity (Wildman–Crippen MR) is 88.9 cm³/mol. The van der Waals surface area contributed by atoms with E-state index in [2.05, 4.69) is 10.3 Å². The van der Waals surface area contributed by atoms with Crippen molar-refractivity contribution in [1.29, 1.82) is 0 Å². The molecular weight excluding hydrogens is 324 g/mol. The molecule has 0 saturated carbocycles. The van der Waals surface area contributed by atoms with Crippen LogP contribution in [0.4, 0.5) is 0 Å². The van der Waals surface area contributed by atoms with Gasteiger partial charge < -0.3 is 14.4 Å². The first-order chi connectivity index (χ1) is 12.2. The Morgan fingerprint density at radius 2 is 1.88 bits per heavy atom. The Balaban J connectivity index is 1.38. The summed E-state index contributed by atoms with van der Waals surface area (Å²) in [5.74, 6) is -0.480. The molecule has 25 heavy (non-hydrogen) atoms. The van der Waals surface area contributed by atoms with Crippen LogP contribution < -0.4 is 5.56 Å². The van der Waals surface area contributed by atoms with E-state index in [1.165, 1.54) is 4.68 Å². The molecule has 2 aliphatic heterocycles. The standard InChI is InChI=1S/C17H20N4O4/c22-15(20-9-6-17(7-10-20)24-11-12-25-17)5-8-21-16(23)13-3-1-2-4-14(13)18-19-21/h1-4H,5-12H2. The molecule has 1 amide bonds. The lowest BCUT2D eigenvalue weighted by atomic mass is 10.0. The average Bonchev–Trinajstić information content (AvgIpc) is 3.10. The van der Waals surface area contributed by atoms with E-state index in [0.29, 0.717) is 50.0 Å². The molecule has 0 bridgehead atoms. The van der Waals surface area contributed by atoms with Crippen LogP contribution in [-0.4, -0.2) is 57.9 Å². The predicted octanol–water partition coefficient (Wildman–Crippen LogP) is 0.547. The SMILES string of the molecule is O=C(CCn1nnc2ccccc2c1=O)N1CCC2(CC1)OCCO2. The van der Waals surface area contributed by atoms with Crippen molar-refractivity contribution >= 4 is 16.8 Å². The maximum Gasteiger partial charge on any atom is 0.277 e. The molecule has 3 heterocycles. The van der Waals surface area contributed by atoms with Crippen LogP contribution in [0.2, 0.25) is 0 Å². The van der Waals surface area contributed by atoms with Gasteiger partial charge >= 0.3 is 0 Å². The number of aromatic nitrogens is 3. The second kappa shape index (κ2) is 6.53. The van der Waals surface area contributed by atoms with Gasteiger partial charge in [0.25, 0.3) is 5.56 Å². The number of carbonyl (C=O) groups is 1. The number of ether oxygens (including phenoxy) is 2. The van der Waals surface area contributed by atoms with Crippen molar-refractivity contribution in [3.63, 3.8) is 0 Å². The highest BCUT2D eigenvalue weighted by Crippen LogP contribution is 2.31. The van der Waals surface area contributed by atoms with E-state index < -0.39 is 5.79 Å². The summed E-state index contributed by atoms with van der Waals surface area (Å²) in [5.41, 5.74) is 0.344. The number of carbonyl (C=O) groups excluding carboxylic acids is 1. The number of fused-ring (bicyclic) bond motifs is 1. The van der Waals surface area contributed by atoms with Gasteiger partial charge in [-0.25, -0.2) is 4.68 Å². The van der Waals surface area contributed by atoms with Crippen molar-refractivity contribution in [1.82, 2.24) is 19.9 Å².